The van der Waals surface area contributed by atoms with E-state index in [2.05, 4.69) is 22.7 Å². The summed E-state index contributed by atoms with van der Waals surface area (Å²) >= 11 is 0. The summed E-state index contributed by atoms with van der Waals surface area (Å²) in [5, 5.41) is 17.7. The Bertz CT molecular complexity index is 311. The van der Waals surface area contributed by atoms with Gasteiger partial charge in [0, 0.05) is 19.3 Å². The van der Waals surface area contributed by atoms with Gasteiger partial charge >= 0.3 is 6.03 Å². The molecule has 1 aromatic rings. The monoisotopic (exact) mass is 212 g/mol. The van der Waals surface area contributed by atoms with Gasteiger partial charge < -0.3 is 15.7 Å². The minimum absolute atomic E-state index is 0.0669. The van der Waals surface area contributed by atoms with Crippen molar-refractivity contribution in [3.05, 3.63) is 12.4 Å². The lowest BCUT2D eigenvalue weighted by molar-refractivity contribution is 0.245. The van der Waals surface area contributed by atoms with Crippen LogP contribution in [-0.4, -0.2) is 34.1 Å². The Balaban J connectivity index is 2.39. The highest BCUT2D eigenvalue weighted by Gasteiger charge is 2.02. The minimum Gasteiger partial charge on any atom is -0.395 e. The van der Waals surface area contributed by atoms with Gasteiger partial charge in [-0.15, -0.1) is 0 Å². The number of urea groups is 1. The largest absolute Gasteiger partial charge is 0.395 e. The van der Waals surface area contributed by atoms with Crippen LogP contribution in [-0.2, 0) is 6.54 Å². The van der Waals surface area contributed by atoms with E-state index in [1.807, 2.05) is 0 Å². The molecule has 3 N–H and O–H groups in total. The molecule has 6 nitrogen and oxygen atoms in total. The fourth-order valence-electron chi connectivity index (χ4n) is 1.12. The number of hydrogen-bond donors (Lipinski definition) is 3. The van der Waals surface area contributed by atoms with Gasteiger partial charge in [-0.3, -0.25) is 4.68 Å². The molecule has 0 atom stereocenters. The van der Waals surface area contributed by atoms with Gasteiger partial charge in [0.15, 0.2) is 0 Å². The number of nitrogens with zero attached hydrogens (tertiary/aromatic N) is 2. The Kier molecular flexibility index (Phi) is 4.62. The lowest BCUT2D eigenvalue weighted by Crippen LogP contribution is -2.30. The summed E-state index contributed by atoms with van der Waals surface area (Å²) in [5.74, 6) is 0. The van der Waals surface area contributed by atoms with E-state index < -0.39 is 0 Å². The molecule has 0 saturated heterocycles. The van der Waals surface area contributed by atoms with Gasteiger partial charge in [0.1, 0.15) is 0 Å². The van der Waals surface area contributed by atoms with Crippen molar-refractivity contribution in [1.82, 2.24) is 15.1 Å². The highest BCUT2D eigenvalue weighted by molar-refractivity contribution is 5.88. The number of anilines is 1. The third-order valence-corrected chi connectivity index (χ3v) is 1.74. The predicted molar refractivity (Wildman–Crippen MR) is 56.6 cm³/mol. The van der Waals surface area contributed by atoms with E-state index in [9.17, 15) is 4.79 Å². The number of aryl methyl sites for hydroxylation is 1. The molecule has 15 heavy (non-hydrogen) atoms. The van der Waals surface area contributed by atoms with Crippen LogP contribution in [0.5, 0.6) is 0 Å². The molecule has 1 aromatic heterocycles. The van der Waals surface area contributed by atoms with Gasteiger partial charge in [0.05, 0.1) is 18.5 Å². The molecular weight excluding hydrogens is 196 g/mol. The Morgan fingerprint density at radius 1 is 1.67 bits per heavy atom. The Morgan fingerprint density at radius 3 is 3.13 bits per heavy atom. The first kappa shape index (κ1) is 11.5. The summed E-state index contributed by atoms with van der Waals surface area (Å²) in [5.41, 5.74) is 0.652. The molecule has 0 saturated carbocycles. The number of aliphatic hydroxyl groups is 1. The molecule has 0 spiro atoms. The van der Waals surface area contributed by atoms with Crippen LogP contribution in [0, 0.1) is 0 Å². The predicted octanol–water partition coefficient (Wildman–Crippen LogP) is 0.407. The van der Waals surface area contributed by atoms with Crippen molar-refractivity contribution in [2.75, 3.05) is 18.5 Å². The van der Waals surface area contributed by atoms with Crippen LogP contribution in [0.1, 0.15) is 13.3 Å². The number of carbonyl (C=O) groups is 1. The molecular formula is C9H16N4O2. The van der Waals surface area contributed by atoms with Gasteiger partial charge in [0.25, 0.3) is 0 Å². The van der Waals surface area contributed by atoms with Crippen LogP contribution < -0.4 is 10.6 Å². The maximum atomic E-state index is 11.2. The van der Waals surface area contributed by atoms with E-state index in [4.69, 9.17) is 5.11 Å². The number of hydrogen-bond acceptors (Lipinski definition) is 3. The summed E-state index contributed by atoms with van der Waals surface area (Å²) in [6, 6.07) is -0.333. The van der Waals surface area contributed by atoms with Crippen LogP contribution in [0.3, 0.4) is 0 Å². The first-order valence-corrected chi connectivity index (χ1v) is 4.94. The topological polar surface area (TPSA) is 79.2 Å². The van der Waals surface area contributed by atoms with Crippen molar-refractivity contribution in [1.29, 1.82) is 0 Å². The van der Waals surface area contributed by atoms with Crippen molar-refractivity contribution in [3.63, 3.8) is 0 Å². The first-order chi connectivity index (χ1) is 7.26. The molecule has 0 fully saturated rings. The maximum absolute atomic E-state index is 11.2. The van der Waals surface area contributed by atoms with Crippen molar-refractivity contribution in [3.8, 4) is 0 Å². The molecule has 0 aromatic carbocycles. The van der Waals surface area contributed by atoms with E-state index >= 15 is 0 Å². The average molecular weight is 212 g/mol. The average Bonchev–Trinajstić information content (AvgIpc) is 2.63. The molecule has 2 amide bonds. The smallest absolute Gasteiger partial charge is 0.319 e. The van der Waals surface area contributed by atoms with E-state index in [-0.39, 0.29) is 19.2 Å². The summed E-state index contributed by atoms with van der Waals surface area (Å²) < 4.78 is 1.77. The standard InChI is InChI=1S/C9H16N4O2/c1-2-4-13-7-8(6-11-13)12-9(15)10-3-5-14/h6-7,14H,2-5H2,1H3,(H2,10,12,15). The Labute approximate surface area is 88.3 Å². The van der Waals surface area contributed by atoms with Crippen LogP contribution in [0.4, 0.5) is 10.5 Å². The third-order valence-electron chi connectivity index (χ3n) is 1.74. The van der Waals surface area contributed by atoms with Crippen molar-refractivity contribution < 1.29 is 9.90 Å². The second-order valence-electron chi connectivity index (χ2n) is 3.10. The minimum atomic E-state index is -0.333. The molecule has 0 aliphatic heterocycles. The number of carbonyl (C=O) groups excluding carboxylic acids is 1. The van der Waals surface area contributed by atoms with Gasteiger partial charge in [-0.1, -0.05) is 6.92 Å². The number of nitrogens with one attached hydrogen (secondary N) is 2. The molecule has 0 radical (unpaired) electrons. The Morgan fingerprint density at radius 2 is 2.47 bits per heavy atom. The highest BCUT2D eigenvalue weighted by atomic mass is 16.3. The van der Waals surface area contributed by atoms with E-state index in [1.54, 1.807) is 17.1 Å². The molecule has 6 heteroatoms. The zero-order chi connectivity index (χ0) is 11.1. The second kappa shape index (κ2) is 6.02. The van der Waals surface area contributed by atoms with Gasteiger partial charge in [-0.25, -0.2) is 4.79 Å². The molecule has 0 bridgehead atoms. The number of aromatic nitrogens is 2. The molecule has 0 aliphatic rings. The van der Waals surface area contributed by atoms with Gasteiger partial charge in [0.2, 0.25) is 0 Å². The molecule has 1 rings (SSSR count). The SMILES string of the molecule is CCCn1cc(NC(=O)NCCO)cn1. The lowest BCUT2D eigenvalue weighted by Gasteiger charge is -2.03. The van der Waals surface area contributed by atoms with Crippen LogP contribution in [0.2, 0.25) is 0 Å². The number of rotatable bonds is 5. The van der Waals surface area contributed by atoms with Crippen molar-refractivity contribution in [2.24, 2.45) is 0 Å². The maximum Gasteiger partial charge on any atom is 0.319 e. The third kappa shape index (κ3) is 3.99. The summed E-state index contributed by atoms with van der Waals surface area (Å²) in [4.78, 5) is 11.2. The van der Waals surface area contributed by atoms with E-state index in [0.717, 1.165) is 13.0 Å². The zero-order valence-corrected chi connectivity index (χ0v) is 8.73. The quantitative estimate of drug-likeness (QED) is 0.661. The zero-order valence-electron chi connectivity index (χ0n) is 8.73. The molecule has 1 heterocycles. The van der Waals surface area contributed by atoms with E-state index in [1.165, 1.54) is 0 Å². The lowest BCUT2D eigenvalue weighted by atomic mass is 10.5. The van der Waals surface area contributed by atoms with Crippen LogP contribution in [0.15, 0.2) is 12.4 Å². The fourth-order valence-corrected chi connectivity index (χ4v) is 1.12. The summed E-state index contributed by atoms with van der Waals surface area (Å²) in [7, 11) is 0. The van der Waals surface area contributed by atoms with Crippen molar-refractivity contribution in [2.45, 2.75) is 19.9 Å². The van der Waals surface area contributed by atoms with Gasteiger partial charge in [-0.2, -0.15) is 5.10 Å². The number of aliphatic hydroxyl groups excluding tert-OH is 1. The first-order valence-electron chi connectivity index (χ1n) is 4.94. The second-order valence-corrected chi connectivity index (χ2v) is 3.10. The summed E-state index contributed by atoms with van der Waals surface area (Å²) in [6.07, 6.45) is 4.36. The highest BCUT2D eigenvalue weighted by Crippen LogP contribution is 2.04. The fraction of sp³-hybridized carbons (Fsp3) is 0.556. The van der Waals surface area contributed by atoms with Gasteiger partial charge in [-0.05, 0) is 6.42 Å². The number of amides is 2. The normalized spacial score (nSPS) is 10.0. The van der Waals surface area contributed by atoms with Crippen molar-refractivity contribution >= 4 is 11.7 Å². The molecule has 84 valence electrons. The molecule has 0 aliphatic carbocycles. The van der Waals surface area contributed by atoms with Crippen LogP contribution in [0.25, 0.3) is 0 Å². The summed E-state index contributed by atoms with van der Waals surface area (Å²) in [6.45, 7) is 3.07. The Hall–Kier alpha value is -1.56. The molecule has 0 unspecified atom stereocenters. The van der Waals surface area contributed by atoms with E-state index in [0.29, 0.717) is 5.69 Å². The van der Waals surface area contributed by atoms with Crippen LogP contribution >= 0.6 is 0 Å².